The lowest BCUT2D eigenvalue weighted by molar-refractivity contribution is -0.124. The quantitative estimate of drug-likeness (QED) is 0.779. The number of benzene rings is 1. The van der Waals surface area contributed by atoms with Crippen molar-refractivity contribution in [2.24, 2.45) is 11.7 Å². The van der Waals surface area contributed by atoms with Crippen molar-refractivity contribution in [3.05, 3.63) is 28.7 Å². The Morgan fingerprint density at radius 3 is 2.62 bits per heavy atom. The van der Waals surface area contributed by atoms with E-state index in [0.717, 1.165) is 23.7 Å². The Balaban J connectivity index is 1.83. The first-order valence-electron chi connectivity index (χ1n) is 7.33. The predicted octanol–water partition coefficient (Wildman–Crippen LogP) is 3.56. The maximum absolute atomic E-state index is 12.2. The topological polar surface area (TPSA) is 55.1 Å². The summed E-state index contributed by atoms with van der Waals surface area (Å²) in [4.78, 5) is 13.4. The SMILES string of the molecule is CC(C)(CNC(=O)C1CCC(N)C1)Sc1ccc(Br)cc1. The van der Waals surface area contributed by atoms with Crippen LogP contribution in [-0.2, 0) is 4.79 Å². The molecule has 1 saturated carbocycles. The van der Waals surface area contributed by atoms with Crippen LogP contribution in [0.4, 0.5) is 0 Å². The molecule has 3 nitrogen and oxygen atoms in total. The smallest absolute Gasteiger partial charge is 0.223 e. The molecule has 21 heavy (non-hydrogen) atoms. The lowest BCUT2D eigenvalue weighted by Gasteiger charge is -2.25. The third kappa shape index (κ3) is 5.31. The molecule has 1 aromatic rings. The lowest BCUT2D eigenvalue weighted by Crippen LogP contribution is -2.39. The summed E-state index contributed by atoms with van der Waals surface area (Å²) in [5.41, 5.74) is 5.87. The molecule has 2 unspecified atom stereocenters. The molecule has 2 rings (SSSR count). The molecule has 3 N–H and O–H groups in total. The van der Waals surface area contributed by atoms with E-state index in [1.807, 2.05) is 12.1 Å². The molecule has 1 fully saturated rings. The molecule has 0 saturated heterocycles. The number of carbonyl (C=O) groups is 1. The Morgan fingerprint density at radius 1 is 1.38 bits per heavy atom. The van der Waals surface area contributed by atoms with E-state index >= 15 is 0 Å². The fraction of sp³-hybridized carbons (Fsp3) is 0.562. The van der Waals surface area contributed by atoms with E-state index in [1.54, 1.807) is 11.8 Å². The number of hydrogen-bond acceptors (Lipinski definition) is 3. The molecule has 0 bridgehead atoms. The highest BCUT2D eigenvalue weighted by Gasteiger charge is 2.29. The summed E-state index contributed by atoms with van der Waals surface area (Å²) < 4.78 is 1.04. The normalized spacial score (nSPS) is 22.3. The fourth-order valence-corrected chi connectivity index (χ4v) is 3.88. The van der Waals surface area contributed by atoms with Gasteiger partial charge in [0.05, 0.1) is 0 Å². The minimum absolute atomic E-state index is 0.0375. The first kappa shape index (κ1) is 16.8. The van der Waals surface area contributed by atoms with Gasteiger partial charge in [-0.2, -0.15) is 0 Å². The van der Waals surface area contributed by atoms with E-state index in [9.17, 15) is 4.79 Å². The molecule has 0 heterocycles. The van der Waals surface area contributed by atoms with E-state index in [0.29, 0.717) is 6.54 Å². The van der Waals surface area contributed by atoms with Gasteiger partial charge in [-0.15, -0.1) is 11.8 Å². The van der Waals surface area contributed by atoms with Crippen LogP contribution in [0.15, 0.2) is 33.6 Å². The Labute approximate surface area is 139 Å². The summed E-state index contributed by atoms with van der Waals surface area (Å²) in [5.74, 6) is 0.265. The molecule has 1 amide bonds. The van der Waals surface area contributed by atoms with Crippen LogP contribution in [0, 0.1) is 5.92 Å². The van der Waals surface area contributed by atoms with Crippen LogP contribution < -0.4 is 11.1 Å². The largest absolute Gasteiger partial charge is 0.354 e. The van der Waals surface area contributed by atoms with E-state index in [4.69, 9.17) is 5.73 Å². The van der Waals surface area contributed by atoms with Crippen molar-refractivity contribution >= 4 is 33.6 Å². The standard InChI is InChI=1S/C16H23BrN2OS/c1-16(2,21-14-7-4-12(17)5-8-14)10-19-15(20)11-3-6-13(18)9-11/h4-5,7-8,11,13H,3,6,9-10,18H2,1-2H3,(H,19,20). The van der Waals surface area contributed by atoms with E-state index in [2.05, 4.69) is 47.2 Å². The van der Waals surface area contributed by atoms with Crippen LogP contribution in [0.1, 0.15) is 33.1 Å². The van der Waals surface area contributed by atoms with Gasteiger partial charge in [0.1, 0.15) is 0 Å². The molecule has 1 aromatic carbocycles. The second-order valence-electron chi connectivity index (χ2n) is 6.30. The summed E-state index contributed by atoms with van der Waals surface area (Å²) in [7, 11) is 0. The summed E-state index contributed by atoms with van der Waals surface area (Å²) >= 11 is 5.22. The van der Waals surface area contributed by atoms with Crippen molar-refractivity contribution < 1.29 is 4.79 Å². The van der Waals surface area contributed by atoms with Crippen LogP contribution in [-0.4, -0.2) is 23.2 Å². The molecule has 0 radical (unpaired) electrons. The van der Waals surface area contributed by atoms with Crippen molar-refractivity contribution in [1.82, 2.24) is 5.32 Å². The average molecular weight is 371 g/mol. The van der Waals surface area contributed by atoms with Gasteiger partial charge in [0.15, 0.2) is 0 Å². The Kier molecular flexibility index (Phi) is 5.74. The second-order valence-corrected chi connectivity index (χ2v) is 9.00. The van der Waals surface area contributed by atoms with Gasteiger partial charge in [0.2, 0.25) is 5.91 Å². The first-order chi connectivity index (χ1) is 9.85. The molecule has 0 aromatic heterocycles. The van der Waals surface area contributed by atoms with E-state index in [-0.39, 0.29) is 22.6 Å². The van der Waals surface area contributed by atoms with Crippen molar-refractivity contribution in [3.63, 3.8) is 0 Å². The van der Waals surface area contributed by atoms with Gasteiger partial charge in [-0.05, 0) is 57.4 Å². The number of nitrogens with one attached hydrogen (secondary N) is 1. The van der Waals surface area contributed by atoms with Crippen LogP contribution in [0.2, 0.25) is 0 Å². The van der Waals surface area contributed by atoms with Gasteiger partial charge in [0.25, 0.3) is 0 Å². The average Bonchev–Trinajstić information content (AvgIpc) is 2.85. The first-order valence-corrected chi connectivity index (χ1v) is 8.94. The Bertz CT molecular complexity index is 490. The number of rotatable bonds is 5. The molecule has 1 aliphatic rings. The molecule has 0 aliphatic heterocycles. The Morgan fingerprint density at radius 2 is 2.05 bits per heavy atom. The molecule has 5 heteroatoms. The highest BCUT2D eigenvalue weighted by molar-refractivity contribution is 9.10. The zero-order chi connectivity index (χ0) is 15.5. The second kappa shape index (κ2) is 7.16. The Hall–Kier alpha value is -0.520. The minimum Gasteiger partial charge on any atom is -0.354 e. The van der Waals surface area contributed by atoms with Crippen molar-refractivity contribution in [1.29, 1.82) is 0 Å². The minimum atomic E-state index is -0.0375. The van der Waals surface area contributed by atoms with Gasteiger partial charge < -0.3 is 11.1 Å². The summed E-state index contributed by atoms with van der Waals surface area (Å²) in [6, 6.07) is 8.46. The van der Waals surface area contributed by atoms with E-state index < -0.39 is 0 Å². The third-order valence-electron chi connectivity index (χ3n) is 3.74. The van der Waals surface area contributed by atoms with Gasteiger partial charge in [-0.3, -0.25) is 4.79 Å². The summed E-state index contributed by atoms with van der Waals surface area (Å²) in [6.45, 7) is 4.97. The third-order valence-corrected chi connectivity index (χ3v) is 5.47. The summed E-state index contributed by atoms with van der Waals surface area (Å²) in [6.07, 6.45) is 2.72. The molecule has 2 atom stereocenters. The van der Waals surface area contributed by atoms with Crippen molar-refractivity contribution in [2.45, 2.75) is 48.8 Å². The molecular formula is C16H23BrN2OS. The highest BCUT2D eigenvalue weighted by Crippen LogP contribution is 2.33. The number of amides is 1. The van der Waals surface area contributed by atoms with Crippen molar-refractivity contribution in [3.8, 4) is 0 Å². The summed E-state index contributed by atoms with van der Waals surface area (Å²) in [5, 5.41) is 3.09. The van der Waals surface area contributed by atoms with E-state index in [1.165, 1.54) is 4.90 Å². The fourth-order valence-electron chi connectivity index (χ4n) is 2.56. The maximum atomic E-state index is 12.2. The van der Waals surface area contributed by atoms with Gasteiger partial charge in [-0.25, -0.2) is 0 Å². The monoisotopic (exact) mass is 370 g/mol. The van der Waals surface area contributed by atoms with Gasteiger partial charge in [0, 0.05) is 32.6 Å². The predicted molar refractivity (Wildman–Crippen MR) is 92.4 cm³/mol. The zero-order valence-electron chi connectivity index (χ0n) is 12.6. The highest BCUT2D eigenvalue weighted by atomic mass is 79.9. The molecule has 1 aliphatic carbocycles. The number of thioether (sulfide) groups is 1. The molecule has 0 spiro atoms. The zero-order valence-corrected chi connectivity index (χ0v) is 15.0. The number of halogens is 1. The van der Waals surface area contributed by atoms with Crippen LogP contribution in [0.5, 0.6) is 0 Å². The maximum Gasteiger partial charge on any atom is 0.223 e. The number of hydrogen-bond donors (Lipinski definition) is 2. The van der Waals surface area contributed by atoms with Crippen LogP contribution in [0.25, 0.3) is 0 Å². The van der Waals surface area contributed by atoms with Gasteiger partial charge in [-0.1, -0.05) is 15.9 Å². The van der Waals surface area contributed by atoms with Crippen LogP contribution in [0.3, 0.4) is 0 Å². The number of nitrogens with two attached hydrogens (primary N) is 1. The van der Waals surface area contributed by atoms with Crippen molar-refractivity contribution in [2.75, 3.05) is 6.54 Å². The van der Waals surface area contributed by atoms with Gasteiger partial charge >= 0.3 is 0 Å². The molecular weight excluding hydrogens is 348 g/mol. The lowest BCUT2D eigenvalue weighted by atomic mass is 10.1. The van der Waals surface area contributed by atoms with Crippen LogP contribution >= 0.6 is 27.7 Å². The number of carbonyl (C=O) groups excluding carboxylic acids is 1. The molecule has 116 valence electrons.